The average Bonchev–Trinajstić information content (AvgIpc) is 1.68. The third-order valence-corrected chi connectivity index (χ3v) is 33.8. The normalized spacial score (nSPS) is 48.4. The molecule has 1 unspecified atom stereocenters. The highest BCUT2D eigenvalue weighted by molar-refractivity contribution is 7.93. The van der Waals surface area contributed by atoms with Crippen molar-refractivity contribution in [1.29, 1.82) is 0 Å². The van der Waals surface area contributed by atoms with Gasteiger partial charge in [-0.2, -0.15) is 3.89 Å². The van der Waals surface area contributed by atoms with Crippen LogP contribution >= 0.6 is 12.1 Å². The zero-order valence-electron chi connectivity index (χ0n) is 62.4. The van der Waals surface area contributed by atoms with Gasteiger partial charge >= 0.3 is 0 Å². The van der Waals surface area contributed by atoms with Gasteiger partial charge in [-0.15, -0.1) is 35.5 Å². The van der Waals surface area contributed by atoms with E-state index in [4.69, 9.17) is 0 Å². The molecule has 30 atom stereocenters. The molecule has 0 heterocycles. The van der Waals surface area contributed by atoms with Crippen LogP contribution in [-0.2, 0) is 0 Å². The van der Waals surface area contributed by atoms with Gasteiger partial charge in [0.05, 0.1) is 35.1 Å². The standard InChI is InChI=1S/3C28H46O2.CH3FS/c3*1-6-8-9-25(29)19(3)22-12-13-23-21-11-10-20-18-28(30,7-2)17-16-26(20,4)24(21)14-15-27(22,23)5;1-3-2/h3*19-25,29-30H,7,9-18H2,1-5H3;1H3/t19-,20-,21-,22+,23-,24-,25?,26-,27+,28-;19-,20-,21-,22+,23-,24-,25+,26-,27+,28-;19-,20-,21-,22+,23-,24-,25-,26-,27+,28-;/m000./s1. The zero-order chi connectivity index (χ0) is 67.9. The van der Waals surface area contributed by atoms with Crippen LogP contribution in [0, 0.1) is 175 Å². The molecule has 0 aromatic heterocycles. The van der Waals surface area contributed by atoms with E-state index in [0.717, 1.165) is 111 Å². The Hall–Kier alpha value is -1.28. The van der Waals surface area contributed by atoms with Crippen molar-refractivity contribution in [2.24, 2.45) is 139 Å². The van der Waals surface area contributed by atoms with Crippen molar-refractivity contribution in [2.75, 3.05) is 6.26 Å². The summed E-state index contributed by atoms with van der Waals surface area (Å²) in [6.45, 7) is 34.5. The first kappa shape index (κ1) is 75.9. The molecule has 8 heteroatoms. The number of rotatable bonds is 12. The summed E-state index contributed by atoms with van der Waals surface area (Å²) in [4.78, 5) is 0. The number of aliphatic hydroxyl groups is 6. The van der Waals surface area contributed by atoms with E-state index in [9.17, 15) is 34.5 Å². The number of aliphatic hydroxyl groups excluding tert-OH is 3. The van der Waals surface area contributed by atoms with Gasteiger partial charge in [-0.3, -0.25) is 0 Å². The molecule has 0 aromatic carbocycles. The topological polar surface area (TPSA) is 121 Å². The molecule has 0 bridgehead atoms. The van der Waals surface area contributed by atoms with Crippen LogP contribution in [0.1, 0.15) is 316 Å². The summed E-state index contributed by atoms with van der Waals surface area (Å²) in [6.07, 6.45) is 39.1. The number of hydrogen-bond donors (Lipinski definition) is 6. The van der Waals surface area contributed by atoms with Crippen LogP contribution in [0.2, 0.25) is 0 Å². The fourth-order valence-corrected chi connectivity index (χ4v) is 27.6. The molecule has 0 radical (unpaired) electrons. The number of hydrogen-bond acceptors (Lipinski definition) is 7. The molecule has 0 amide bonds. The SMILES string of the molecule is CC#CCC(O)[C@@H](C)[C@H]1CC[C@H]2[C@@H]3CC[C@H]4C[C@](O)(CC)CC[C@]4(C)[C@H]3CC[C@]12C.CC#CC[C@@H](O)[C@@H](C)[C@H]1CC[C@H]2[C@@H]3CC[C@H]4C[C@](O)(CC)CC[C@]4(C)[C@H]3CC[C@]12C.CC#CC[C@H](O)[C@@H](C)[C@H]1CC[C@H]2[C@@H]3CC[C@H]4C[C@](O)(CC)CC[C@]4(C)[C@H]3CC[C@]12C.CSF. The van der Waals surface area contributed by atoms with E-state index in [1.807, 2.05) is 20.8 Å². The van der Waals surface area contributed by atoms with Crippen LogP contribution in [0.4, 0.5) is 3.89 Å². The van der Waals surface area contributed by atoms with Crippen molar-refractivity contribution < 1.29 is 34.5 Å². The third kappa shape index (κ3) is 14.3. The third-order valence-electron chi connectivity index (χ3n) is 33.8. The lowest BCUT2D eigenvalue weighted by Gasteiger charge is -2.62. The van der Waals surface area contributed by atoms with Crippen LogP contribution in [0.3, 0.4) is 0 Å². The Morgan fingerprint density at radius 3 is 0.828 bits per heavy atom. The lowest BCUT2D eigenvalue weighted by Crippen LogP contribution is -2.56. The Labute approximate surface area is 575 Å². The smallest absolute Gasteiger partial charge is 0.0677 e. The monoisotopic (exact) mass is 1310 g/mol. The highest BCUT2D eigenvalue weighted by Crippen LogP contribution is 2.73. The molecule has 0 aliphatic heterocycles. The minimum atomic E-state index is -0.397. The van der Waals surface area contributed by atoms with E-state index >= 15 is 0 Å². The van der Waals surface area contributed by atoms with Crippen molar-refractivity contribution in [3.8, 4) is 35.5 Å². The van der Waals surface area contributed by atoms with Gasteiger partial charge in [-0.05, 0) is 352 Å². The van der Waals surface area contributed by atoms with E-state index in [2.05, 4.69) is 119 Å². The molecule has 12 saturated carbocycles. The lowest BCUT2D eigenvalue weighted by molar-refractivity contribution is -0.154. The maximum atomic E-state index is 11.0. The molecule has 12 fully saturated rings. The van der Waals surface area contributed by atoms with Crippen molar-refractivity contribution in [3.63, 3.8) is 0 Å². The molecular formula is C85H141FO6S. The van der Waals surface area contributed by atoms with Crippen LogP contribution in [0.15, 0.2) is 0 Å². The van der Waals surface area contributed by atoms with Gasteiger partial charge in [-0.25, -0.2) is 0 Å². The van der Waals surface area contributed by atoms with Gasteiger partial charge in [0.1, 0.15) is 0 Å². The quantitative estimate of drug-likeness (QED) is 0.108. The van der Waals surface area contributed by atoms with Crippen molar-refractivity contribution in [2.45, 2.75) is 351 Å². The fraction of sp³-hybridized carbons (Fsp3) is 0.929. The van der Waals surface area contributed by atoms with Crippen LogP contribution < -0.4 is 0 Å². The summed E-state index contributed by atoms with van der Waals surface area (Å²) in [5.41, 5.74) is 1.29. The van der Waals surface area contributed by atoms with Crippen LogP contribution in [-0.4, -0.2) is 72.0 Å². The van der Waals surface area contributed by atoms with Gasteiger partial charge < -0.3 is 30.6 Å². The maximum Gasteiger partial charge on any atom is 0.0677 e. The van der Waals surface area contributed by atoms with Gasteiger partial charge in [0, 0.05) is 37.7 Å². The first-order valence-electron chi connectivity index (χ1n) is 39.5. The lowest BCUT2D eigenvalue weighted by atomic mass is 9.43. The summed E-state index contributed by atoms with van der Waals surface area (Å²) in [5.74, 6) is 30.9. The van der Waals surface area contributed by atoms with Gasteiger partial charge in [-0.1, -0.05) is 83.1 Å². The van der Waals surface area contributed by atoms with Crippen LogP contribution in [0.25, 0.3) is 0 Å². The molecule has 12 aliphatic rings. The average molecular weight is 1310 g/mol. The first-order chi connectivity index (χ1) is 44.0. The second-order valence-electron chi connectivity index (χ2n) is 36.8. The second-order valence-corrected chi connectivity index (χ2v) is 37.1. The minimum Gasteiger partial charge on any atom is -0.392 e. The number of halogens is 1. The van der Waals surface area contributed by atoms with E-state index in [0.29, 0.717) is 105 Å². The summed E-state index contributed by atoms with van der Waals surface area (Å²) in [6, 6.07) is 0. The molecule has 0 saturated heterocycles. The zero-order valence-corrected chi connectivity index (χ0v) is 63.2. The van der Waals surface area contributed by atoms with E-state index in [-0.39, 0.29) is 30.5 Å². The Bertz CT molecular complexity index is 2390. The highest BCUT2D eigenvalue weighted by atomic mass is 32.2. The van der Waals surface area contributed by atoms with Gasteiger partial charge in [0.15, 0.2) is 0 Å². The number of fused-ring (bicyclic) bond motifs is 15. The molecule has 0 spiro atoms. The highest BCUT2D eigenvalue weighted by Gasteiger charge is 2.66. The molecule has 93 heavy (non-hydrogen) atoms. The van der Waals surface area contributed by atoms with Crippen molar-refractivity contribution in [1.82, 2.24) is 0 Å². The summed E-state index contributed by atoms with van der Waals surface area (Å²) < 4.78 is 10.2. The van der Waals surface area contributed by atoms with E-state index < -0.39 is 16.8 Å². The maximum absolute atomic E-state index is 11.0. The summed E-state index contributed by atoms with van der Waals surface area (Å²) in [7, 11) is 0. The molecule has 530 valence electrons. The predicted octanol–water partition coefficient (Wildman–Crippen LogP) is 19.8. The molecule has 12 aliphatic carbocycles. The summed E-state index contributed by atoms with van der Waals surface area (Å²) >= 11 is 0.250. The Morgan fingerprint density at radius 1 is 0.366 bits per heavy atom. The molecule has 12 rings (SSSR count). The van der Waals surface area contributed by atoms with Crippen molar-refractivity contribution in [3.05, 3.63) is 0 Å². The molecule has 6 N–H and O–H groups in total. The fourth-order valence-electron chi connectivity index (χ4n) is 27.6. The Balaban J connectivity index is 0.000000161. The minimum absolute atomic E-state index is 0.250. The largest absolute Gasteiger partial charge is 0.392 e. The first-order valence-corrected chi connectivity index (χ1v) is 40.6. The molecule has 6 nitrogen and oxygen atoms in total. The Morgan fingerprint density at radius 2 is 0.602 bits per heavy atom. The van der Waals surface area contributed by atoms with Crippen molar-refractivity contribution >= 4 is 12.1 Å². The molecule has 0 aromatic rings. The van der Waals surface area contributed by atoms with E-state index in [1.54, 1.807) is 0 Å². The predicted molar refractivity (Wildman–Crippen MR) is 386 cm³/mol. The molecular weight excluding hydrogens is 1170 g/mol. The van der Waals surface area contributed by atoms with Gasteiger partial charge in [0.25, 0.3) is 0 Å². The van der Waals surface area contributed by atoms with Crippen LogP contribution in [0.5, 0.6) is 0 Å². The van der Waals surface area contributed by atoms with Gasteiger partial charge in [0.2, 0.25) is 0 Å². The summed E-state index contributed by atoms with van der Waals surface area (Å²) in [5, 5.41) is 65.4. The Kier molecular flexibility index (Phi) is 24.6. The van der Waals surface area contributed by atoms with E-state index in [1.165, 1.54) is 141 Å². The second kappa shape index (κ2) is 30.1.